The molecule has 0 atom stereocenters. The molecule has 0 saturated carbocycles. The molecule has 2 heterocycles. The number of nitrogens with one attached hydrogen (secondary N) is 2. The van der Waals surface area contributed by atoms with Crippen LogP contribution < -0.4 is 4.72 Å². The molecule has 1 fully saturated rings. The van der Waals surface area contributed by atoms with E-state index in [-0.39, 0.29) is 16.2 Å². The van der Waals surface area contributed by atoms with Gasteiger partial charge in [-0.3, -0.25) is 0 Å². The van der Waals surface area contributed by atoms with Gasteiger partial charge in [-0.25, -0.2) is 13.1 Å². The molecule has 1 aliphatic heterocycles. The van der Waals surface area contributed by atoms with Crippen molar-refractivity contribution in [2.45, 2.75) is 31.7 Å². The highest BCUT2D eigenvalue weighted by molar-refractivity contribution is 7.89. The number of benzene rings is 2. The van der Waals surface area contributed by atoms with E-state index in [1.165, 1.54) is 12.6 Å². The van der Waals surface area contributed by atoms with Crippen LogP contribution in [0.5, 0.6) is 0 Å². The van der Waals surface area contributed by atoms with Crippen molar-refractivity contribution < 1.29 is 17.0 Å². The maximum Gasteiger partial charge on any atom is 0.211 e. The lowest BCUT2D eigenvalue weighted by Crippen LogP contribution is -2.48. The summed E-state index contributed by atoms with van der Waals surface area (Å²) in [4.78, 5) is 3.34. The Kier molecular flexibility index (Phi) is 4.98. The Hall–Kier alpha value is -2.15. The van der Waals surface area contributed by atoms with Crippen LogP contribution in [0.15, 0.2) is 54.7 Å². The minimum atomic E-state index is -3.25. The van der Waals surface area contributed by atoms with Crippen LogP contribution in [0.4, 0.5) is 0 Å². The number of sulfonamides is 1. The molecule has 2 aromatic carbocycles. The Labute approximate surface area is 184 Å². The number of fused-ring (bicyclic) bond motifs is 1. The molecule has 30 heavy (non-hydrogen) atoms. The predicted octanol–water partition coefficient (Wildman–Crippen LogP) is 3.78. The first-order chi connectivity index (χ1) is 15.6. The van der Waals surface area contributed by atoms with Crippen molar-refractivity contribution in [3.8, 4) is 0 Å². The SMILES string of the molecule is [2H][13C]([2H])([2H])[N+]1(Cc2ccccc2)CCC(c2c[nH]c3ccc(CCS(=O)(=O)NC)cc23)CC1. The van der Waals surface area contributed by atoms with Crippen molar-refractivity contribution in [3.05, 3.63) is 71.4 Å². The third-order valence-electron chi connectivity index (χ3n) is 6.33. The van der Waals surface area contributed by atoms with Crippen molar-refractivity contribution in [2.24, 2.45) is 0 Å². The van der Waals surface area contributed by atoms with Gasteiger partial charge in [-0.05, 0) is 42.6 Å². The summed E-state index contributed by atoms with van der Waals surface area (Å²) in [6.07, 6.45) is 4.09. The summed E-state index contributed by atoms with van der Waals surface area (Å²) in [5, 5.41) is 1.11. The number of nitrogens with zero attached hydrogens (tertiary/aromatic N) is 1. The third kappa shape index (κ3) is 4.77. The van der Waals surface area contributed by atoms with Gasteiger partial charge in [-0.2, -0.15) is 0 Å². The van der Waals surface area contributed by atoms with Crippen molar-refractivity contribution in [3.63, 3.8) is 0 Å². The summed E-state index contributed by atoms with van der Waals surface area (Å²) in [5.41, 5.74) is 4.26. The molecule has 3 aromatic rings. The van der Waals surface area contributed by atoms with Crippen LogP contribution >= 0.6 is 0 Å². The highest BCUT2D eigenvalue weighted by atomic mass is 32.2. The zero-order valence-electron chi connectivity index (χ0n) is 20.4. The Morgan fingerprint density at radius 1 is 1.13 bits per heavy atom. The number of rotatable bonds is 7. The van der Waals surface area contributed by atoms with Crippen LogP contribution in [0.1, 0.15) is 39.6 Å². The van der Waals surface area contributed by atoms with Gasteiger partial charge in [-0.15, -0.1) is 0 Å². The molecular weight excluding hydrogens is 395 g/mol. The monoisotopic (exact) mass is 430 g/mol. The molecule has 4 rings (SSSR count). The maximum atomic E-state index is 11.8. The van der Waals surface area contributed by atoms with Gasteiger partial charge in [0.15, 0.2) is 0 Å². The van der Waals surface area contributed by atoms with Crippen LogP contribution in [-0.4, -0.2) is 50.8 Å². The minimum Gasteiger partial charge on any atom is -0.361 e. The van der Waals surface area contributed by atoms with Crippen molar-refractivity contribution >= 4 is 20.9 Å². The quantitative estimate of drug-likeness (QED) is 0.443. The first kappa shape index (κ1) is 17.5. The molecule has 2 N–H and O–H groups in total. The number of H-pyrrole nitrogens is 1. The number of aromatic amines is 1. The average molecular weight is 431 g/mol. The molecule has 0 unspecified atom stereocenters. The Morgan fingerprint density at radius 2 is 1.90 bits per heavy atom. The van der Waals surface area contributed by atoms with Crippen molar-refractivity contribution in [1.82, 2.24) is 9.71 Å². The predicted molar refractivity (Wildman–Crippen MR) is 123 cm³/mol. The number of quaternary nitrogens is 1. The van der Waals surface area contributed by atoms with E-state index < -0.39 is 17.0 Å². The zero-order chi connectivity index (χ0) is 23.7. The Morgan fingerprint density at radius 3 is 2.60 bits per heavy atom. The summed E-state index contributed by atoms with van der Waals surface area (Å²) in [5.74, 6) is 0.329. The smallest absolute Gasteiger partial charge is 0.211 e. The number of hydrogen-bond acceptors (Lipinski definition) is 2. The van der Waals surface area contributed by atoms with Gasteiger partial charge in [0.2, 0.25) is 10.0 Å². The summed E-state index contributed by atoms with van der Waals surface area (Å²) in [7, 11) is -1.82. The number of aromatic nitrogens is 1. The number of likely N-dealkylation sites (tertiary alicyclic amines) is 1. The Balaban J connectivity index is 1.54. The summed E-state index contributed by atoms with van der Waals surface area (Å²) in [6.45, 7) is -0.347. The summed E-state index contributed by atoms with van der Waals surface area (Å²) < 4.78 is 50.9. The molecular formula is C24H32N3O2S+. The fourth-order valence-electron chi connectivity index (χ4n) is 4.50. The molecule has 1 aliphatic rings. The number of aryl methyl sites for hydroxylation is 1. The van der Waals surface area contributed by atoms with Gasteiger partial charge < -0.3 is 9.47 Å². The lowest BCUT2D eigenvalue weighted by molar-refractivity contribution is -0.927. The van der Waals surface area contributed by atoms with Gasteiger partial charge in [0.05, 0.1) is 29.9 Å². The van der Waals surface area contributed by atoms with E-state index in [0.717, 1.165) is 34.9 Å². The Bertz CT molecular complexity index is 1200. The molecule has 0 spiro atoms. The largest absolute Gasteiger partial charge is 0.361 e. The van der Waals surface area contributed by atoms with Gasteiger partial charge in [-0.1, -0.05) is 36.4 Å². The topological polar surface area (TPSA) is 62.0 Å². The lowest BCUT2D eigenvalue weighted by atomic mass is 9.88. The molecule has 0 radical (unpaired) electrons. The molecule has 1 saturated heterocycles. The van der Waals surface area contributed by atoms with Gasteiger partial charge in [0.25, 0.3) is 0 Å². The summed E-state index contributed by atoms with van der Waals surface area (Å²) in [6, 6.07) is 15.9. The standard InChI is InChI=1S/C24H32N3O2S/c1-25-30(28,29)15-12-19-8-9-24-22(16-19)23(17-26-24)21-10-13-27(2,14-11-21)18-20-6-4-3-5-7-20/h3-9,16-17,21,25-26H,10-15,18H2,1-2H3/q+1/i2+1D3. The van der Waals surface area contributed by atoms with E-state index in [4.69, 9.17) is 4.11 Å². The minimum absolute atomic E-state index is 0.0518. The maximum absolute atomic E-state index is 11.8. The fourth-order valence-corrected chi connectivity index (χ4v) is 5.21. The van der Waals surface area contributed by atoms with E-state index in [0.29, 0.717) is 26.1 Å². The highest BCUT2D eigenvalue weighted by Gasteiger charge is 2.31. The van der Waals surface area contributed by atoms with E-state index >= 15 is 0 Å². The van der Waals surface area contributed by atoms with Crippen LogP contribution in [0.2, 0.25) is 0 Å². The second kappa shape index (κ2) is 8.53. The van der Waals surface area contributed by atoms with Crippen molar-refractivity contribution in [1.29, 1.82) is 0 Å². The molecule has 6 heteroatoms. The molecule has 160 valence electrons. The normalized spacial score (nSPS) is 24.3. The van der Waals surface area contributed by atoms with Gasteiger partial charge in [0, 0.05) is 35.5 Å². The van der Waals surface area contributed by atoms with E-state index in [2.05, 4.69) is 15.8 Å². The van der Waals surface area contributed by atoms with Crippen LogP contribution in [-0.2, 0) is 23.0 Å². The first-order valence-corrected chi connectivity index (χ1v) is 12.2. The van der Waals surface area contributed by atoms with E-state index in [9.17, 15) is 8.42 Å². The molecule has 0 bridgehead atoms. The number of hydrogen-bond donors (Lipinski definition) is 2. The van der Waals surface area contributed by atoms with E-state index in [1.807, 2.05) is 48.7 Å². The highest BCUT2D eigenvalue weighted by Crippen LogP contribution is 2.36. The first-order valence-electron chi connectivity index (χ1n) is 12.0. The molecule has 1 aromatic heterocycles. The second-order valence-electron chi connectivity index (χ2n) is 8.41. The van der Waals surface area contributed by atoms with Crippen molar-refractivity contribution in [2.75, 3.05) is 32.9 Å². The summed E-state index contributed by atoms with van der Waals surface area (Å²) >= 11 is 0. The van der Waals surface area contributed by atoms with Crippen LogP contribution in [0.25, 0.3) is 10.9 Å². The number of piperidine rings is 1. The molecule has 5 nitrogen and oxygen atoms in total. The van der Waals surface area contributed by atoms with Crippen LogP contribution in [0, 0.1) is 0 Å². The average Bonchev–Trinajstić information content (AvgIpc) is 3.21. The van der Waals surface area contributed by atoms with Gasteiger partial charge >= 0.3 is 0 Å². The second-order valence-corrected chi connectivity index (χ2v) is 10.5. The molecule has 0 aliphatic carbocycles. The van der Waals surface area contributed by atoms with Crippen LogP contribution in [0.3, 0.4) is 0 Å². The van der Waals surface area contributed by atoms with E-state index in [1.54, 1.807) is 0 Å². The molecule has 0 amide bonds. The fraction of sp³-hybridized carbons (Fsp3) is 0.417. The zero-order valence-corrected chi connectivity index (χ0v) is 18.2. The third-order valence-corrected chi connectivity index (χ3v) is 7.69. The lowest BCUT2D eigenvalue weighted by Gasteiger charge is -2.40. The van der Waals surface area contributed by atoms with Gasteiger partial charge in [0.1, 0.15) is 6.54 Å².